The number of rotatable bonds is 7. The van der Waals surface area contributed by atoms with Crippen molar-refractivity contribution in [3.63, 3.8) is 0 Å². The van der Waals surface area contributed by atoms with Crippen LogP contribution in [0.4, 0.5) is 0 Å². The third kappa shape index (κ3) is 4.14. The summed E-state index contributed by atoms with van der Waals surface area (Å²) in [5, 5.41) is 0. The Labute approximate surface area is 123 Å². The summed E-state index contributed by atoms with van der Waals surface area (Å²) >= 11 is 3.31. The average molecular weight is 348 g/mol. The lowest BCUT2D eigenvalue weighted by molar-refractivity contribution is 0.182. The molecule has 6 heteroatoms. The number of benzene rings is 1. The standard InChI is InChI=1S/C13H18BrNO3S/c1-4-7-15(8-9-18-3)19(16,17)13-6-5-11(2)10-12(13)14/h4-6,10H,1,7-9H2,2-3H3. The highest BCUT2D eigenvalue weighted by atomic mass is 79.9. The minimum atomic E-state index is -3.55. The van der Waals surface area contributed by atoms with Gasteiger partial charge in [-0.3, -0.25) is 0 Å². The summed E-state index contributed by atoms with van der Waals surface area (Å²) in [7, 11) is -2.01. The maximum atomic E-state index is 12.6. The predicted octanol–water partition coefficient (Wildman–Crippen LogP) is 2.58. The molecule has 0 atom stereocenters. The van der Waals surface area contributed by atoms with Gasteiger partial charge in [-0.1, -0.05) is 12.1 Å². The second-order valence-electron chi connectivity index (χ2n) is 4.08. The number of sulfonamides is 1. The van der Waals surface area contributed by atoms with Gasteiger partial charge in [-0.15, -0.1) is 6.58 Å². The number of nitrogens with zero attached hydrogens (tertiary/aromatic N) is 1. The Bertz CT molecular complexity index is 543. The SMILES string of the molecule is C=CCN(CCOC)S(=O)(=O)c1ccc(C)cc1Br. The molecule has 0 fully saturated rings. The van der Waals surface area contributed by atoms with Crippen LogP contribution < -0.4 is 0 Å². The fourth-order valence-corrected chi connectivity index (χ4v) is 4.15. The van der Waals surface area contributed by atoms with E-state index in [0.29, 0.717) is 17.6 Å². The van der Waals surface area contributed by atoms with Crippen molar-refractivity contribution in [2.45, 2.75) is 11.8 Å². The van der Waals surface area contributed by atoms with Gasteiger partial charge in [0.2, 0.25) is 10.0 Å². The van der Waals surface area contributed by atoms with Crippen molar-refractivity contribution in [3.8, 4) is 0 Å². The van der Waals surface area contributed by atoms with Gasteiger partial charge in [0.25, 0.3) is 0 Å². The van der Waals surface area contributed by atoms with Crippen LogP contribution in [0.3, 0.4) is 0 Å². The molecule has 0 aliphatic carbocycles. The summed E-state index contributed by atoms with van der Waals surface area (Å²) < 4.78 is 32.0. The van der Waals surface area contributed by atoms with Crippen LogP contribution >= 0.6 is 15.9 Å². The Balaban J connectivity index is 3.14. The fraction of sp³-hybridized carbons (Fsp3) is 0.385. The molecule has 0 aromatic heterocycles. The molecule has 0 aliphatic heterocycles. The molecule has 1 rings (SSSR count). The van der Waals surface area contributed by atoms with Crippen LogP contribution in [0.5, 0.6) is 0 Å². The first-order chi connectivity index (χ1) is 8.93. The molecule has 1 aromatic rings. The molecule has 0 radical (unpaired) electrons. The van der Waals surface area contributed by atoms with Crippen LogP contribution in [0, 0.1) is 6.92 Å². The van der Waals surface area contributed by atoms with Gasteiger partial charge in [-0.05, 0) is 40.5 Å². The quantitative estimate of drug-likeness (QED) is 0.712. The van der Waals surface area contributed by atoms with Gasteiger partial charge in [0, 0.05) is 24.7 Å². The van der Waals surface area contributed by atoms with E-state index in [2.05, 4.69) is 22.5 Å². The van der Waals surface area contributed by atoms with E-state index in [1.165, 1.54) is 4.31 Å². The minimum Gasteiger partial charge on any atom is -0.383 e. The van der Waals surface area contributed by atoms with Crippen molar-refractivity contribution < 1.29 is 13.2 Å². The zero-order valence-electron chi connectivity index (χ0n) is 11.1. The minimum absolute atomic E-state index is 0.256. The Morgan fingerprint density at radius 3 is 2.68 bits per heavy atom. The van der Waals surface area contributed by atoms with E-state index in [1.54, 1.807) is 31.4 Å². The van der Waals surface area contributed by atoms with Crippen molar-refractivity contribution in [1.82, 2.24) is 4.31 Å². The lowest BCUT2D eigenvalue weighted by Crippen LogP contribution is -2.34. The molecular formula is C13H18BrNO3S. The van der Waals surface area contributed by atoms with E-state index in [4.69, 9.17) is 4.74 Å². The summed E-state index contributed by atoms with van der Waals surface area (Å²) in [6, 6.07) is 5.17. The highest BCUT2D eigenvalue weighted by Gasteiger charge is 2.25. The zero-order chi connectivity index (χ0) is 14.5. The summed E-state index contributed by atoms with van der Waals surface area (Å²) in [5.74, 6) is 0. The van der Waals surface area contributed by atoms with Crippen LogP contribution in [-0.4, -0.2) is 39.5 Å². The Morgan fingerprint density at radius 2 is 2.16 bits per heavy atom. The Hall–Kier alpha value is -0.690. The molecule has 1 aromatic carbocycles. The van der Waals surface area contributed by atoms with Crippen LogP contribution in [0.2, 0.25) is 0 Å². The van der Waals surface area contributed by atoms with Crippen LogP contribution in [0.15, 0.2) is 40.2 Å². The van der Waals surface area contributed by atoms with Gasteiger partial charge in [-0.25, -0.2) is 8.42 Å². The molecule has 0 spiro atoms. The fourth-order valence-electron chi connectivity index (χ4n) is 1.60. The van der Waals surface area contributed by atoms with E-state index < -0.39 is 10.0 Å². The number of hydrogen-bond acceptors (Lipinski definition) is 3. The number of hydrogen-bond donors (Lipinski definition) is 0. The molecule has 106 valence electrons. The maximum absolute atomic E-state index is 12.6. The Morgan fingerprint density at radius 1 is 1.47 bits per heavy atom. The predicted molar refractivity (Wildman–Crippen MR) is 79.7 cm³/mol. The van der Waals surface area contributed by atoms with E-state index in [1.807, 2.05) is 6.92 Å². The number of methoxy groups -OCH3 is 1. The molecule has 4 nitrogen and oxygen atoms in total. The lowest BCUT2D eigenvalue weighted by atomic mass is 10.2. The third-order valence-electron chi connectivity index (χ3n) is 2.58. The number of ether oxygens (including phenoxy) is 1. The van der Waals surface area contributed by atoms with Gasteiger partial charge in [0.05, 0.1) is 11.5 Å². The smallest absolute Gasteiger partial charge is 0.244 e. The van der Waals surface area contributed by atoms with E-state index in [9.17, 15) is 8.42 Å². The molecule has 0 amide bonds. The first kappa shape index (κ1) is 16.4. The maximum Gasteiger partial charge on any atom is 0.244 e. The topological polar surface area (TPSA) is 46.6 Å². The van der Waals surface area contributed by atoms with Gasteiger partial charge < -0.3 is 4.74 Å². The molecule has 0 aliphatic rings. The molecule has 0 bridgehead atoms. The van der Waals surface area contributed by atoms with Crippen molar-refractivity contribution >= 4 is 26.0 Å². The highest BCUT2D eigenvalue weighted by Crippen LogP contribution is 2.26. The van der Waals surface area contributed by atoms with Crippen LogP contribution in [0.1, 0.15) is 5.56 Å². The molecule has 0 saturated carbocycles. The summed E-state index contributed by atoms with van der Waals surface area (Å²) in [6.07, 6.45) is 1.56. The van der Waals surface area contributed by atoms with E-state index in [0.717, 1.165) is 5.56 Å². The number of aryl methyl sites for hydroxylation is 1. The Kier molecular flexibility index (Phi) is 6.19. The highest BCUT2D eigenvalue weighted by molar-refractivity contribution is 9.10. The first-order valence-electron chi connectivity index (χ1n) is 5.79. The molecular weight excluding hydrogens is 330 g/mol. The van der Waals surface area contributed by atoms with Gasteiger partial charge in [0.1, 0.15) is 0 Å². The summed E-state index contributed by atoms with van der Waals surface area (Å²) in [4.78, 5) is 0.260. The molecule has 0 heterocycles. The van der Waals surface area contributed by atoms with Gasteiger partial charge in [-0.2, -0.15) is 4.31 Å². The van der Waals surface area contributed by atoms with Crippen molar-refractivity contribution in [2.24, 2.45) is 0 Å². The largest absolute Gasteiger partial charge is 0.383 e. The summed E-state index contributed by atoms with van der Waals surface area (Å²) in [5.41, 5.74) is 0.998. The third-order valence-corrected chi connectivity index (χ3v) is 5.42. The molecule has 0 unspecified atom stereocenters. The second kappa shape index (κ2) is 7.19. The lowest BCUT2D eigenvalue weighted by Gasteiger charge is -2.21. The average Bonchev–Trinajstić information content (AvgIpc) is 2.33. The van der Waals surface area contributed by atoms with Crippen LogP contribution in [0.25, 0.3) is 0 Å². The van der Waals surface area contributed by atoms with E-state index >= 15 is 0 Å². The number of halogens is 1. The first-order valence-corrected chi connectivity index (χ1v) is 8.03. The second-order valence-corrected chi connectivity index (χ2v) is 6.84. The molecule has 0 saturated heterocycles. The summed E-state index contributed by atoms with van der Waals surface area (Å²) in [6.45, 7) is 6.40. The van der Waals surface area contributed by atoms with Gasteiger partial charge >= 0.3 is 0 Å². The molecule has 19 heavy (non-hydrogen) atoms. The van der Waals surface area contributed by atoms with Crippen molar-refractivity contribution in [2.75, 3.05) is 26.8 Å². The monoisotopic (exact) mass is 347 g/mol. The van der Waals surface area contributed by atoms with Crippen molar-refractivity contribution in [1.29, 1.82) is 0 Å². The van der Waals surface area contributed by atoms with Crippen molar-refractivity contribution in [3.05, 3.63) is 40.9 Å². The normalized spacial score (nSPS) is 11.8. The zero-order valence-corrected chi connectivity index (χ0v) is 13.5. The van der Waals surface area contributed by atoms with E-state index in [-0.39, 0.29) is 11.4 Å². The van der Waals surface area contributed by atoms with Crippen LogP contribution in [-0.2, 0) is 14.8 Å². The van der Waals surface area contributed by atoms with Gasteiger partial charge in [0.15, 0.2) is 0 Å². The molecule has 0 N–H and O–H groups in total.